The van der Waals surface area contributed by atoms with Gasteiger partial charge in [0.2, 0.25) is 11.8 Å². The van der Waals surface area contributed by atoms with Crippen LogP contribution in [0.2, 0.25) is 0 Å². The number of carbonyl (C=O) groups excluding carboxylic acids is 2. The summed E-state index contributed by atoms with van der Waals surface area (Å²) in [4.78, 5) is 29.8. The quantitative estimate of drug-likeness (QED) is 0.187. The molecule has 10 heteroatoms. The number of rotatable bonds is 15. The standard InChI is InChI=1S/C36H41N3O6S/c1-5-22-37-36(41)33(23-28-12-8-6-9-13-28)38(25-29-14-10-7-11-15-29)35(40)26-39(32-24-30(44-3)18-21-34(32)45-4)46(42,43)31-19-16-27(2)17-20-31/h6-21,24,33H,5,22-23,25-26H2,1-4H3,(H,37,41)/t33-/m0/s1. The molecule has 0 aliphatic rings. The van der Waals surface area contributed by atoms with E-state index in [1.165, 1.54) is 37.3 Å². The number of anilines is 1. The number of methoxy groups -OCH3 is 2. The molecule has 242 valence electrons. The van der Waals surface area contributed by atoms with Crippen molar-refractivity contribution in [1.29, 1.82) is 0 Å². The second-order valence-corrected chi connectivity index (χ2v) is 12.7. The zero-order valence-corrected chi connectivity index (χ0v) is 27.5. The van der Waals surface area contributed by atoms with Crippen molar-refractivity contribution in [1.82, 2.24) is 10.2 Å². The summed E-state index contributed by atoms with van der Waals surface area (Å²) in [5, 5.41) is 2.95. The predicted molar refractivity (Wildman–Crippen MR) is 179 cm³/mol. The van der Waals surface area contributed by atoms with Gasteiger partial charge in [-0.1, -0.05) is 85.3 Å². The smallest absolute Gasteiger partial charge is 0.264 e. The summed E-state index contributed by atoms with van der Waals surface area (Å²) < 4.78 is 40.7. The maximum atomic E-state index is 14.6. The largest absolute Gasteiger partial charge is 0.497 e. The number of nitrogens with one attached hydrogen (secondary N) is 1. The predicted octanol–water partition coefficient (Wildman–Crippen LogP) is 5.37. The Hall–Kier alpha value is -4.83. The third-order valence-electron chi connectivity index (χ3n) is 7.56. The highest BCUT2D eigenvalue weighted by molar-refractivity contribution is 7.92. The minimum atomic E-state index is -4.30. The molecule has 4 aromatic rings. The van der Waals surface area contributed by atoms with Crippen LogP contribution in [0.15, 0.2) is 108 Å². The minimum absolute atomic E-state index is 0.00640. The molecule has 1 atom stereocenters. The molecule has 0 saturated heterocycles. The van der Waals surface area contributed by atoms with E-state index >= 15 is 0 Å². The Kier molecular flexibility index (Phi) is 11.8. The average Bonchev–Trinajstić information content (AvgIpc) is 3.08. The highest BCUT2D eigenvalue weighted by atomic mass is 32.2. The van der Waals surface area contributed by atoms with Gasteiger partial charge in [-0.3, -0.25) is 13.9 Å². The minimum Gasteiger partial charge on any atom is -0.497 e. The van der Waals surface area contributed by atoms with Crippen LogP contribution in [0, 0.1) is 6.92 Å². The molecular formula is C36H41N3O6S. The van der Waals surface area contributed by atoms with E-state index in [2.05, 4.69) is 5.32 Å². The number of sulfonamides is 1. The molecule has 46 heavy (non-hydrogen) atoms. The molecule has 0 heterocycles. The highest BCUT2D eigenvalue weighted by Crippen LogP contribution is 2.36. The normalized spacial score (nSPS) is 11.7. The van der Waals surface area contributed by atoms with Gasteiger partial charge in [-0.2, -0.15) is 0 Å². The molecular weight excluding hydrogens is 602 g/mol. The first-order valence-corrected chi connectivity index (χ1v) is 16.6. The van der Waals surface area contributed by atoms with Crippen molar-refractivity contribution in [3.63, 3.8) is 0 Å². The van der Waals surface area contributed by atoms with E-state index < -0.39 is 28.5 Å². The molecule has 4 rings (SSSR count). The van der Waals surface area contributed by atoms with Gasteiger partial charge in [0, 0.05) is 25.6 Å². The van der Waals surface area contributed by atoms with Crippen molar-refractivity contribution in [2.75, 3.05) is 31.6 Å². The Morgan fingerprint density at radius 2 is 1.46 bits per heavy atom. The first kappa shape index (κ1) is 34.1. The SMILES string of the molecule is CCCNC(=O)[C@H](Cc1ccccc1)N(Cc1ccccc1)C(=O)CN(c1cc(OC)ccc1OC)S(=O)(=O)c1ccc(C)cc1. The molecule has 0 spiro atoms. The number of hydrogen-bond acceptors (Lipinski definition) is 6. The van der Waals surface area contributed by atoms with E-state index in [0.717, 1.165) is 21.0 Å². The maximum Gasteiger partial charge on any atom is 0.264 e. The molecule has 0 saturated carbocycles. The summed E-state index contributed by atoms with van der Waals surface area (Å²) in [5.74, 6) is -0.256. The van der Waals surface area contributed by atoms with Crippen molar-refractivity contribution in [2.45, 2.75) is 44.2 Å². The second-order valence-electron chi connectivity index (χ2n) is 10.9. The molecule has 0 aromatic heterocycles. The lowest BCUT2D eigenvalue weighted by atomic mass is 10.0. The van der Waals surface area contributed by atoms with Crippen LogP contribution >= 0.6 is 0 Å². The molecule has 0 radical (unpaired) electrons. The van der Waals surface area contributed by atoms with Crippen LogP contribution in [0.25, 0.3) is 0 Å². The van der Waals surface area contributed by atoms with Crippen LogP contribution in [-0.4, -0.2) is 58.5 Å². The van der Waals surface area contributed by atoms with Crippen LogP contribution in [0.1, 0.15) is 30.0 Å². The van der Waals surface area contributed by atoms with E-state index in [1.807, 2.05) is 74.5 Å². The van der Waals surface area contributed by atoms with E-state index in [0.29, 0.717) is 18.7 Å². The van der Waals surface area contributed by atoms with Gasteiger partial charge in [0.05, 0.1) is 24.8 Å². The number of benzene rings is 4. The summed E-state index contributed by atoms with van der Waals surface area (Å²) in [6.45, 7) is 3.74. The second kappa shape index (κ2) is 15.9. The first-order valence-electron chi connectivity index (χ1n) is 15.1. The Morgan fingerprint density at radius 1 is 0.826 bits per heavy atom. The van der Waals surface area contributed by atoms with Gasteiger partial charge in [0.15, 0.2) is 0 Å². The number of ether oxygens (including phenoxy) is 2. The van der Waals surface area contributed by atoms with Crippen molar-refractivity contribution < 1.29 is 27.5 Å². The van der Waals surface area contributed by atoms with Crippen LogP contribution in [0.4, 0.5) is 5.69 Å². The fraction of sp³-hybridized carbons (Fsp3) is 0.278. The molecule has 0 fully saturated rings. The summed E-state index contributed by atoms with van der Waals surface area (Å²) in [7, 11) is -1.40. The van der Waals surface area contributed by atoms with Gasteiger partial charge in [-0.15, -0.1) is 0 Å². The Morgan fingerprint density at radius 3 is 2.04 bits per heavy atom. The van der Waals surface area contributed by atoms with Crippen molar-refractivity contribution in [2.24, 2.45) is 0 Å². The monoisotopic (exact) mass is 643 g/mol. The number of amides is 2. The molecule has 2 amide bonds. The molecule has 4 aromatic carbocycles. The van der Waals surface area contributed by atoms with Gasteiger partial charge in [0.1, 0.15) is 24.1 Å². The summed E-state index contributed by atoms with van der Waals surface area (Å²) in [6, 6.07) is 29.0. The van der Waals surface area contributed by atoms with Crippen LogP contribution in [0.3, 0.4) is 0 Å². The number of hydrogen-bond donors (Lipinski definition) is 1. The van der Waals surface area contributed by atoms with Crippen LogP contribution < -0.4 is 19.1 Å². The summed E-state index contributed by atoms with van der Waals surface area (Å²) in [5.41, 5.74) is 2.68. The Balaban J connectivity index is 1.84. The highest BCUT2D eigenvalue weighted by Gasteiger charge is 2.35. The van der Waals surface area contributed by atoms with E-state index in [1.54, 1.807) is 24.3 Å². The van der Waals surface area contributed by atoms with Gasteiger partial charge in [0.25, 0.3) is 10.0 Å². The Bertz CT molecular complexity index is 1700. The molecule has 0 unspecified atom stereocenters. The first-order chi connectivity index (χ1) is 22.2. The summed E-state index contributed by atoms with van der Waals surface area (Å²) in [6.07, 6.45) is 0.955. The lowest BCUT2D eigenvalue weighted by Crippen LogP contribution is -2.53. The van der Waals surface area contributed by atoms with Gasteiger partial charge < -0.3 is 19.7 Å². The Labute approximate surface area is 271 Å². The number of nitrogens with zero attached hydrogens (tertiary/aromatic N) is 2. The maximum absolute atomic E-state index is 14.6. The third kappa shape index (κ3) is 8.45. The topological polar surface area (TPSA) is 105 Å². The number of carbonyl (C=O) groups is 2. The molecule has 0 aliphatic heterocycles. The zero-order chi connectivity index (χ0) is 33.1. The molecule has 1 N–H and O–H groups in total. The van der Waals surface area contributed by atoms with Crippen molar-refractivity contribution in [3.8, 4) is 11.5 Å². The van der Waals surface area contributed by atoms with Crippen LogP contribution in [-0.2, 0) is 32.6 Å². The average molecular weight is 644 g/mol. The molecule has 0 aliphatic carbocycles. The summed E-state index contributed by atoms with van der Waals surface area (Å²) >= 11 is 0. The van der Waals surface area contributed by atoms with E-state index in [-0.39, 0.29) is 35.2 Å². The lowest BCUT2D eigenvalue weighted by Gasteiger charge is -2.34. The fourth-order valence-corrected chi connectivity index (χ4v) is 6.46. The number of aryl methyl sites for hydroxylation is 1. The molecule has 9 nitrogen and oxygen atoms in total. The van der Waals surface area contributed by atoms with Gasteiger partial charge in [-0.05, 0) is 48.7 Å². The van der Waals surface area contributed by atoms with Gasteiger partial charge in [-0.25, -0.2) is 8.42 Å². The fourth-order valence-electron chi connectivity index (χ4n) is 5.04. The molecule has 0 bridgehead atoms. The van der Waals surface area contributed by atoms with Crippen molar-refractivity contribution in [3.05, 3.63) is 120 Å². The van der Waals surface area contributed by atoms with E-state index in [4.69, 9.17) is 9.47 Å². The van der Waals surface area contributed by atoms with Gasteiger partial charge >= 0.3 is 0 Å². The van der Waals surface area contributed by atoms with E-state index in [9.17, 15) is 18.0 Å². The van der Waals surface area contributed by atoms with Crippen LogP contribution in [0.5, 0.6) is 11.5 Å². The third-order valence-corrected chi connectivity index (χ3v) is 9.33. The zero-order valence-electron chi connectivity index (χ0n) is 26.7. The lowest BCUT2D eigenvalue weighted by molar-refractivity contribution is -0.140. The van der Waals surface area contributed by atoms with Crippen molar-refractivity contribution >= 4 is 27.5 Å².